The van der Waals surface area contributed by atoms with Crippen molar-refractivity contribution in [3.8, 4) is 12.3 Å². The van der Waals surface area contributed by atoms with Crippen LogP contribution in [0, 0.1) is 12.3 Å². The molecule has 0 aliphatic heterocycles. The molecule has 0 aliphatic carbocycles. The van der Waals surface area contributed by atoms with Gasteiger partial charge in [0.15, 0.2) is 0 Å². The van der Waals surface area contributed by atoms with Crippen molar-refractivity contribution in [3.63, 3.8) is 0 Å². The Labute approximate surface area is 116 Å². The summed E-state index contributed by atoms with van der Waals surface area (Å²) >= 11 is 1.82. The highest BCUT2D eigenvalue weighted by atomic mass is 32.2. The van der Waals surface area contributed by atoms with Crippen molar-refractivity contribution in [2.45, 2.75) is 43.5 Å². The molecule has 1 aromatic rings. The Morgan fingerprint density at radius 2 is 2.17 bits per heavy atom. The van der Waals surface area contributed by atoms with Gasteiger partial charge in [-0.2, -0.15) is 0 Å². The van der Waals surface area contributed by atoms with Crippen molar-refractivity contribution >= 4 is 11.8 Å². The minimum Gasteiger partial charge on any atom is -0.310 e. The van der Waals surface area contributed by atoms with Gasteiger partial charge in [-0.3, -0.25) is 0 Å². The maximum atomic E-state index is 5.34. The molecule has 0 aromatic heterocycles. The van der Waals surface area contributed by atoms with Gasteiger partial charge in [-0.05, 0) is 43.7 Å². The highest BCUT2D eigenvalue weighted by molar-refractivity contribution is 7.98. The first-order valence-electron chi connectivity index (χ1n) is 6.63. The third-order valence-corrected chi connectivity index (χ3v) is 3.78. The van der Waals surface area contributed by atoms with E-state index in [0.29, 0.717) is 6.04 Å². The van der Waals surface area contributed by atoms with Crippen molar-refractivity contribution in [1.82, 2.24) is 5.32 Å². The van der Waals surface area contributed by atoms with Crippen LogP contribution in [0.3, 0.4) is 0 Å². The second-order valence-electron chi connectivity index (χ2n) is 4.35. The summed E-state index contributed by atoms with van der Waals surface area (Å²) in [5, 5.41) is 3.64. The summed E-state index contributed by atoms with van der Waals surface area (Å²) in [5.74, 6) is 2.73. The summed E-state index contributed by atoms with van der Waals surface area (Å²) in [6.45, 7) is 3.26. The van der Waals surface area contributed by atoms with Crippen LogP contribution in [0.4, 0.5) is 0 Å². The summed E-state index contributed by atoms with van der Waals surface area (Å²) in [7, 11) is 0. The largest absolute Gasteiger partial charge is 0.310 e. The van der Waals surface area contributed by atoms with Crippen LogP contribution in [-0.2, 0) is 0 Å². The Hall–Kier alpha value is -0.910. The van der Waals surface area contributed by atoms with Gasteiger partial charge < -0.3 is 5.32 Å². The average molecular weight is 261 g/mol. The second-order valence-corrected chi connectivity index (χ2v) is 5.19. The lowest BCUT2D eigenvalue weighted by Crippen LogP contribution is -2.22. The van der Waals surface area contributed by atoms with Crippen LogP contribution in [0.5, 0.6) is 0 Å². The van der Waals surface area contributed by atoms with Gasteiger partial charge in [-0.25, -0.2) is 0 Å². The predicted molar refractivity (Wildman–Crippen MR) is 81.9 cm³/mol. The van der Waals surface area contributed by atoms with Gasteiger partial charge in [-0.15, -0.1) is 24.1 Å². The van der Waals surface area contributed by atoms with E-state index in [1.165, 1.54) is 10.5 Å². The first kappa shape index (κ1) is 15.1. The summed E-state index contributed by atoms with van der Waals surface area (Å²) in [6, 6.07) is 9.09. The fraction of sp³-hybridized carbons (Fsp3) is 0.500. The van der Waals surface area contributed by atoms with Crippen LogP contribution in [0.15, 0.2) is 29.2 Å². The van der Waals surface area contributed by atoms with Crippen molar-refractivity contribution in [2.75, 3.05) is 12.8 Å². The molecule has 1 nitrogen and oxygen atoms in total. The highest BCUT2D eigenvalue weighted by Gasteiger charge is 2.13. The van der Waals surface area contributed by atoms with E-state index in [2.05, 4.69) is 48.7 Å². The van der Waals surface area contributed by atoms with Crippen LogP contribution in [-0.4, -0.2) is 12.8 Å². The molecule has 98 valence electrons. The number of rotatable bonds is 8. The zero-order chi connectivity index (χ0) is 13.2. The van der Waals surface area contributed by atoms with Crippen LogP contribution in [0.25, 0.3) is 0 Å². The van der Waals surface area contributed by atoms with E-state index in [-0.39, 0.29) is 0 Å². The van der Waals surface area contributed by atoms with Crippen LogP contribution in [0.2, 0.25) is 0 Å². The fourth-order valence-corrected chi connectivity index (χ4v) is 2.71. The van der Waals surface area contributed by atoms with E-state index in [1.54, 1.807) is 0 Å². The Bertz CT molecular complexity index is 381. The summed E-state index contributed by atoms with van der Waals surface area (Å²) in [5.41, 5.74) is 1.41. The first-order valence-corrected chi connectivity index (χ1v) is 7.85. The molecule has 0 bridgehead atoms. The maximum absolute atomic E-state index is 5.34. The Balaban J connectivity index is 2.76. The Morgan fingerprint density at radius 1 is 1.39 bits per heavy atom. The van der Waals surface area contributed by atoms with Crippen molar-refractivity contribution < 1.29 is 0 Å². The number of nitrogens with one attached hydrogen (secondary N) is 1. The zero-order valence-corrected chi connectivity index (χ0v) is 12.2. The third kappa shape index (κ3) is 4.76. The fourth-order valence-electron chi connectivity index (χ4n) is 2.05. The van der Waals surface area contributed by atoms with Crippen molar-refractivity contribution in [2.24, 2.45) is 0 Å². The van der Waals surface area contributed by atoms with Crippen molar-refractivity contribution in [3.05, 3.63) is 29.8 Å². The van der Waals surface area contributed by atoms with Gasteiger partial charge in [0.2, 0.25) is 0 Å². The number of unbranched alkanes of at least 4 members (excludes halogenated alkanes) is 1. The molecule has 1 unspecified atom stereocenters. The van der Waals surface area contributed by atoms with Gasteiger partial charge in [0.05, 0.1) is 0 Å². The van der Waals surface area contributed by atoms with Crippen LogP contribution < -0.4 is 5.32 Å². The molecule has 18 heavy (non-hydrogen) atoms. The number of terminal acetylenes is 1. The van der Waals surface area contributed by atoms with E-state index in [4.69, 9.17) is 6.42 Å². The van der Waals surface area contributed by atoms with Gasteiger partial charge >= 0.3 is 0 Å². The molecular weight excluding hydrogens is 238 g/mol. The SMILES string of the molecule is C#CCCCC(NCCC)c1ccccc1SC. The molecule has 0 saturated carbocycles. The average Bonchev–Trinajstić information content (AvgIpc) is 2.42. The molecule has 0 aliphatic rings. The van der Waals surface area contributed by atoms with E-state index >= 15 is 0 Å². The molecular formula is C16H23NS. The molecule has 1 aromatic carbocycles. The summed E-state index contributed by atoms with van der Waals surface area (Å²) in [4.78, 5) is 1.37. The van der Waals surface area contributed by atoms with E-state index < -0.39 is 0 Å². The lowest BCUT2D eigenvalue weighted by molar-refractivity contribution is 0.482. The molecule has 0 amide bonds. The maximum Gasteiger partial charge on any atom is 0.0331 e. The van der Waals surface area contributed by atoms with Gasteiger partial charge in [0.1, 0.15) is 0 Å². The smallest absolute Gasteiger partial charge is 0.0331 e. The number of benzene rings is 1. The second kappa shape index (κ2) is 9.08. The molecule has 0 fully saturated rings. The monoisotopic (exact) mass is 261 g/mol. The highest BCUT2D eigenvalue weighted by Crippen LogP contribution is 2.28. The standard InChI is InChI=1S/C16H23NS/c1-4-6-7-11-15(17-13-5-2)14-10-8-9-12-16(14)18-3/h1,8-10,12,15,17H,5-7,11,13H2,2-3H3. The topological polar surface area (TPSA) is 12.0 Å². The van der Waals surface area contributed by atoms with Crippen molar-refractivity contribution in [1.29, 1.82) is 0 Å². The van der Waals surface area contributed by atoms with Gasteiger partial charge in [0.25, 0.3) is 0 Å². The summed E-state index contributed by atoms with van der Waals surface area (Å²) < 4.78 is 0. The van der Waals surface area contributed by atoms with Gasteiger partial charge in [-0.1, -0.05) is 25.1 Å². The zero-order valence-electron chi connectivity index (χ0n) is 11.4. The number of hydrogen-bond donors (Lipinski definition) is 1. The van der Waals surface area contributed by atoms with Gasteiger partial charge in [0, 0.05) is 17.4 Å². The minimum absolute atomic E-state index is 0.432. The Morgan fingerprint density at radius 3 is 2.83 bits per heavy atom. The predicted octanol–water partition coefficient (Wildman–Crippen LogP) is 4.25. The van der Waals surface area contributed by atoms with Crippen LogP contribution in [0.1, 0.15) is 44.2 Å². The number of hydrogen-bond acceptors (Lipinski definition) is 2. The molecule has 1 N–H and O–H groups in total. The molecule has 0 spiro atoms. The Kier molecular flexibility index (Phi) is 7.64. The molecule has 1 rings (SSSR count). The molecule has 2 heteroatoms. The van der Waals surface area contributed by atoms with E-state index in [1.807, 2.05) is 11.8 Å². The normalized spacial score (nSPS) is 12.1. The third-order valence-electron chi connectivity index (χ3n) is 2.97. The minimum atomic E-state index is 0.432. The van der Waals surface area contributed by atoms with E-state index in [0.717, 1.165) is 32.2 Å². The summed E-state index contributed by atoms with van der Waals surface area (Å²) in [6.07, 6.45) is 11.7. The lowest BCUT2D eigenvalue weighted by Gasteiger charge is -2.21. The quantitative estimate of drug-likeness (QED) is 0.426. The van der Waals surface area contributed by atoms with E-state index in [9.17, 15) is 0 Å². The molecule has 0 radical (unpaired) electrons. The molecule has 1 atom stereocenters. The molecule has 0 heterocycles. The lowest BCUT2D eigenvalue weighted by atomic mass is 10.0. The molecule has 0 saturated heterocycles. The number of thioether (sulfide) groups is 1. The first-order chi connectivity index (χ1) is 8.83. The van der Waals surface area contributed by atoms with Crippen LogP contribution >= 0.6 is 11.8 Å².